The molecule has 3 aromatic rings. The third-order valence-corrected chi connectivity index (χ3v) is 4.68. The van der Waals surface area contributed by atoms with Gasteiger partial charge in [-0.15, -0.1) is 0 Å². The van der Waals surface area contributed by atoms with Gasteiger partial charge in [-0.25, -0.2) is 9.59 Å². The molecule has 8 nitrogen and oxygen atoms in total. The van der Waals surface area contributed by atoms with Crippen LogP contribution < -0.4 is 17.0 Å². The molecule has 0 spiro atoms. The first kappa shape index (κ1) is 21.1. The molecule has 0 bridgehead atoms. The molecule has 9 heteroatoms. The van der Waals surface area contributed by atoms with E-state index in [4.69, 9.17) is 22.1 Å². The van der Waals surface area contributed by atoms with Gasteiger partial charge in [0, 0.05) is 12.1 Å². The number of nitrogen functional groups attached to an aromatic ring is 1. The minimum Gasteiger partial charge on any atom is -0.454 e. The van der Waals surface area contributed by atoms with Crippen LogP contribution in [0, 0.1) is 0 Å². The Morgan fingerprint density at radius 2 is 1.77 bits per heavy atom. The van der Waals surface area contributed by atoms with E-state index < -0.39 is 35.2 Å². The third-order valence-electron chi connectivity index (χ3n) is 4.44. The van der Waals surface area contributed by atoms with Gasteiger partial charge >= 0.3 is 11.7 Å². The second kappa shape index (κ2) is 8.79. The smallest absolute Gasteiger partial charge is 0.338 e. The predicted octanol–water partition coefficient (Wildman–Crippen LogP) is 1.87. The van der Waals surface area contributed by atoms with Crippen molar-refractivity contribution in [3.63, 3.8) is 0 Å². The van der Waals surface area contributed by atoms with Gasteiger partial charge in [0.1, 0.15) is 11.4 Å². The van der Waals surface area contributed by atoms with Crippen LogP contribution in [0.1, 0.15) is 26.3 Å². The van der Waals surface area contributed by atoms with Gasteiger partial charge in [0.15, 0.2) is 6.61 Å². The molecule has 0 fully saturated rings. The molecular weight excluding hydrogens is 410 g/mol. The second-order valence-electron chi connectivity index (χ2n) is 6.49. The zero-order valence-electron chi connectivity index (χ0n) is 16.0. The highest BCUT2D eigenvalue weighted by Crippen LogP contribution is 2.13. The summed E-state index contributed by atoms with van der Waals surface area (Å²) in [4.78, 5) is 49.8. The van der Waals surface area contributed by atoms with Gasteiger partial charge in [-0.3, -0.25) is 18.7 Å². The van der Waals surface area contributed by atoms with Crippen LogP contribution in [0.5, 0.6) is 0 Å². The number of esters is 1. The quantitative estimate of drug-likeness (QED) is 0.474. The Kier molecular flexibility index (Phi) is 6.17. The van der Waals surface area contributed by atoms with Gasteiger partial charge in [-0.05, 0) is 23.8 Å². The average molecular weight is 428 g/mol. The standard InChI is InChI=1S/C21H18ClN3O5/c1-24-19(27)17(16(26)12-30-20(28)14-8-5-9-15(22)10-14)18(23)25(21(24)29)11-13-6-3-2-4-7-13/h2-10H,11-12,23H2,1H3. The number of anilines is 1. The maximum Gasteiger partial charge on any atom is 0.338 e. The summed E-state index contributed by atoms with van der Waals surface area (Å²) in [5, 5.41) is 0.335. The summed E-state index contributed by atoms with van der Waals surface area (Å²) < 4.78 is 6.92. The highest BCUT2D eigenvalue weighted by Gasteiger charge is 2.23. The molecule has 0 saturated carbocycles. The maximum atomic E-state index is 12.6. The van der Waals surface area contributed by atoms with Crippen molar-refractivity contribution in [1.29, 1.82) is 0 Å². The minimum absolute atomic E-state index is 0.0716. The van der Waals surface area contributed by atoms with Crippen LogP contribution in [0.2, 0.25) is 5.02 Å². The highest BCUT2D eigenvalue weighted by atomic mass is 35.5. The molecule has 3 rings (SSSR count). The molecule has 0 amide bonds. The molecule has 0 unspecified atom stereocenters. The number of hydrogen-bond acceptors (Lipinski definition) is 6. The van der Waals surface area contributed by atoms with Crippen LogP contribution in [0.4, 0.5) is 5.82 Å². The first-order valence-electron chi connectivity index (χ1n) is 8.88. The normalized spacial score (nSPS) is 10.6. The fourth-order valence-corrected chi connectivity index (χ4v) is 3.06. The van der Waals surface area contributed by atoms with Gasteiger partial charge in [0.2, 0.25) is 5.78 Å². The lowest BCUT2D eigenvalue weighted by atomic mass is 10.2. The van der Waals surface area contributed by atoms with Gasteiger partial charge < -0.3 is 10.5 Å². The van der Waals surface area contributed by atoms with Crippen molar-refractivity contribution in [2.45, 2.75) is 6.54 Å². The minimum atomic E-state index is -0.856. The Bertz CT molecular complexity index is 1230. The molecule has 0 radical (unpaired) electrons. The van der Waals surface area contributed by atoms with E-state index in [2.05, 4.69) is 0 Å². The maximum absolute atomic E-state index is 12.6. The van der Waals surface area contributed by atoms with Crippen molar-refractivity contribution >= 4 is 29.2 Å². The first-order chi connectivity index (χ1) is 14.3. The summed E-state index contributed by atoms with van der Waals surface area (Å²) in [7, 11) is 1.25. The van der Waals surface area contributed by atoms with E-state index in [1.54, 1.807) is 36.4 Å². The molecule has 1 heterocycles. The molecule has 0 aliphatic rings. The van der Waals surface area contributed by atoms with Crippen molar-refractivity contribution in [2.24, 2.45) is 7.05 Å². The van der Waals surface area contributed by atoms with E-state index in [1.165, 1.54) is 19.2 Å². The number of benzene rings is 2. The van der Waals surface area contributed by atoms with Gasteiger partial charge in [-0.2, -0.15) is 0 Å². The van der Waals surface area contributed by atoms with E-state index >= 15 is 0 Å². The average Bonchev–Trinajstić information content (AvgIpc) is 2.74. The lowest BCUT2D eigenvalue weighted by Gasteiger charge is -2.14. The fraction of sp³-hybridized carbons (Fsp3) is 0.143. The molecule has 0 aliphatic heterocycles. The van der Waals surface area contributed by atoms with E-state index in [0.29, 0.717) is 5.02 Å². The van der Waals surface area contributed by atoms with Crippen LogP contribution in [-0.2, 0) is 18.3 Å². The van der Waals surface area contributed by atoms with Crippen molar-refractivity contribution in [3.05, 3.63) is 97.1 Å². The number of ketones is 1. The van der Waals surface area contributed by atoms with Crippen molar-refractivity contribution in [3.8, 4) is 0 Å². The zero-order valence-corrected chi connectivity index (χ0v) is 16.8. The monoisotopic (exact) mass is 427 g/mol. The molecule has 2 N–H and O–H groups in total. The Morgan fingerprint density at radius 3 is 2.43 bits per heavy atom. The lowest BCUT2D eigenvalue weighted by molar-refractivity contribution is 0.0474. The van der Waals surface area contributed by atoms with E-state index in [0.717, 1.165) is 14.7 Å². The Morgan fingerprint density at radius 1 is 1.07 bits per heavy atom. The van der Waals surface area contributed by atoms with Gasteiger partial charge in [0.25, 0.3) is 5.56 Å². The summed E-state index contributed by atoms with van der Waals surface area (Å²) in [6.45, 7) is -0.642. The molecule has 0 atom stereocenters. The SMILES string of the molecule is Cn1c(=O)c(C(=O)COC(=O)c2cccc(Cl)c2)c(N)n(Cc2ccccc2)c1=O. The third kappa shape index (κ3) is 4.33. The summed E-state index contributed by atoms with van der Waals surface area (Å²) in [5.41, 5.74) is 5.00. The zero-order chi connectivity index (χ0) is 21.8. The Balaban J connectivity index is 1.89. The number of Topliss-reactive ketones (excluding diaryl/α,β-unsaturated/α-hetero) is 1. The van der Waals surface area contributed by atoms with E-state index in [1.807, 2.05) is 6.07 Å². The molecular formula is C21H18ClN3O5. The molecule has 154 valence electrons. The van der Waals surface area contributed by atoms with E-state index in [9.17, 15) is 19.2 Å². The number of nitrogens with zero attached hydrogens (tertiary/aromatic N) is 2. The lowest BCUT2D eigenvalue weighted by Crippen LogP contribution is -2.43. The van der Waals surface area contributed by atoms with Gasteiger partial charge in [-0.1, -0.05) is 48.0 Å². The number of carbonyl (C=O) groups excluding carboxylic acids is 2. The number of carbonyl (C=O) groups is 2. The summed E-state index contributed by atoms with van der Waals surface area (Å²) >= 11 is 5.84. The summed E-state index contributed by atoms with van der Waals surface area (Å²) in [5.74, 6) is -1.88. The number of halogens is 1. The van der Waals surface area contributed by atoms with Crippen LogP contribution in [0.25, 0.3) is 0 Å². The summed E-state index contributed by atoms with van der Waals surface area (Å²) in [6, 6.07) is 15.0. The van der Waals surface area contributed by atoms with Crippen molar-refractivity contribution < 1.29 is 14.3 Å². The summed E-state index contributed by atoms with van der Waals surface area (Å²) in [6.07, 6.45) is 0. The van der Waals surface area contributed by atoms with Crippen LogP contribution in [-0.4, -0.2) is 27.5 Å². The van der Waals surface area contributed by atoms with Crippen molar-refractivity contribution in [1.82, 2.24) is 9.13 Å². The highest BCUT2D eigenvalue weighted by molar-refractivity contribution is 6.30. The molecule has 0 aliphatic carbocycles. The molecule has 2 aromatic carbocycles. The fourth-order valence-electron chi connectivity index (χ4n) is 2.87. The topological polar surface area (TPSA) is 113 Å². The Hall–Kier alpha value is -3.65. The number of aromatic nitrogens is 2. The van der Waals surface area contributed by atoms with E-state index in [-0.39, 0.29) is 17.9 Å². The molecule has 30 heavy (non-hydrogen) atoms. The van der Waals surface area contributed by atoms with Crippen LogP contribution in [0.3, 0.4) is 0 Å². The second-order valence-corrected chi connectivity index (χ2v) is 6.92. The number of nitrogens with two attached hydrogens (primary N) is 1. The van der Waals surface area contributed by atoms with Crippen molar-refractivity contribution in [2.75, 3.05) is 12.3 Å². The number of hydrogen-bond donors (Lipinski definition) is 1. The number of rotatable bonds is 6. The van der Waals surface area contributed by atoms with Crippen LogP contribution in [0.15, 0.2) is 64.2 Å². The molecule has 0 saturated heterocycles. The largest absolute Gasteiger partial charge is 0.454 e. The Labute approximate surface area is 176 Å². The van der Waals surface area contributed by atoms with Crippen LogP contribution >= 0.6 is 11.6 Å². The molecule has 1 aromatic heterocycles. The van der Waals surface area contributed by atoms with Gasteiger partial charge in [0.05, 0.1) is 12.1 Å². The predicted molar refractivity (Wildman–Crippen MR) is 112 cm³/mol. The first-order valence-corrected chi connectivity index (χ1v) is 9.26. The number of ether oxygens (including phenoxy) is 1.